The number of benzene rings is 1. The van der Waals surface area contributed by atoms with E-state index >= 15 is 0 Å². The molecule has 9 heteroatoms. The normalized spacial score (nSPS) is 18.3. The van der Waals surface area contributed by atoms with Gasteiger partial charge in [-0.2, -0.15) is 0 Å². The Bertz CT molecular complexity index is 779. The van der Waals surface area contributed by atoms with Gasteiger partial charge >= 0.3 is 5.97 Å². The van der Waals surface area contributed by atoms with Crippen LogP contribution in [0.15, 0.2) is 18.2 Å². The molecule has 0 aromatic heterocycles. The molecule has 1 aliphatic rings. The van der Waals surface area contributed by atoms with E-state index in [0.717, 1.165) is 5.56 Å². The minimum absolute atomic E-state index is 0.0422. The van der Waals surface area contributed by atoms with Crippen LogP contribution < -0.4 is 4.74 Å². The smallest absolute Gasteiger partial charge is 0.344 e. The third-order valence-corrected chi connectivity index (χ3v) is 6.13. The van der Waals surface area contributed by atoms with Crippen molar-refractivity contribution in [2.24, 2.45) is 0 Å². The van der Waals surface area contributed by atoms with Crippen molar-refractivity contribution in [3.05, 3.63) is 28.8 Å². The van der Waals surface area contributed by atoms with Crippen LogP contribution in [0, 0.1) is 6.92 Å². The second-order valence-corrected chi connectivity index (χ2v) is 8.76. The molecule has 26 heavy (non-hydrogen) atoms. The Labute approximate surface area is 158 Å². The van der Waals surface area contributed by atoms with Crippen LogP contribution in [0.5, 0.6) is 5.75 Å². The van der Waals surface area contributed by atoms with Gasteiger partial charge in [-0.3, -0.25) is 4.79 Å². The van der Waals surface area contributed by atoms with Gasteiger partial charge < -0.3 is 14.4 Å². The molecule has 1 amide bonds. The van der Waals surface area contributed by atoms with E-state index in [1.807, 2.05) is 0 Å². The van der Waals surface area contributed by atoms with E-state index in [9.17, 15) is 18.0 Å². The monoisotopic (exact) mass is 403 g/mol. The number of hydrogen-bond donors (Lipinski definition) is 0. The van der Waals surface area contributed by atoms with Gasteiger partial charge in [0, 0.05) is 17.6 Å². The molecule has 1 aromatic rings. The van der Waals surface area contributed by atoms with Crippen molar-refractivity contribution in [3.8, 4) is 5.75 Å². The number of sulfone groups is 1. The average molecular weight is 404 g/mol. The molecule has 1 fully saturated rings. The van der Waals surface area contributed by atoms with Gasteiger partial charge in [0.1, 0.15) is 5.75 Å². The van der Waals surface area contributed by atoms with E-state index in [4.69, 9.17) is 21.1 Å². The molecule has 0 N–H and O–H groups in total. The Morgan fingerprint density at radius 1 is 1.31 bits per heavy atom. The van der Waals surface area contributed by atoms with E-state index in [2.05, 4.69) is 0 Å². The average Bonchev–Trinajstić information content (AvgIpc) is 2.92. The highest BCUT2D eigenvalue weighted by molar-refractivity contribution is 7.91. The molecular formula is C17H22ClNO6S. The Balaban J connectivity index is 1.81. The summed E-state index contributed by atoms with van der Waals surface area (Å²) >= 11 is 5.85. The first-order valence-electron chi connectivity index (χ1n) is 8.26. The number of rotatable bonds is 7. The fourth-order valence-electron chi connectivity index (χ4n) is 2.84. The van der Waals surface area contributed by atoms with Crippen LogP contribution >= 0.6 is 11.6 Å². The maximum Gasteiger partial charge on any atom is 0.344 e. The highest BCUT2D eigenvalue weighted by Crippen LogP contribution is 2.21. The summed E-state index contributed by atoms with van der Waals surface area (Å²) in [4.78, 5) is 25.5. The molecule has 7 nitrogen and oxygen atoms in total. The third kappa shape index (κ3) is 5.60. The first kappa shape index (κ1) is 20.5. The zero-order valence-electron chi connectivity index (χ0n) is 14.7. The summed E-state index contributed by atoms with van der Waals surface area (Å²) in [5, 5.41) is 0.566. The van der Waals surface area contributed by atoms with Gasteiger partial charge in [-0.25, -0.2) is 13.2 Å². The molecule has 1 atom stereocenters. The van der Waals surface area contributed by atoms with Crippen molar-refractivity contribution in [2.75, 3.05) is 31.3 Å². The van der Waals surface area contributed by atoms with Crippen molar-refractivity contribution in [3.63, 3.8) is 0 Å². The Hall–Kier alpha value is -1.80. The molecule has 144 valence electrons. The summed E-state index contributed by atoms with van der Waals surface area (Å²) in [6.07, 6.45) is 0.412. The maximum absolute atomic E-state index is 12.2. The van der Waals surface area contributed by atoms with Crippen LogP contribution in [0.3, 0.4) is 0 Å². The lowest BCUT2D eigenvalue weighted by atomic mass is 10.2. The third-order valence-electron chi connectivity index (χ3n) is 4.15. The van der Waals surface area contributed by atoms with Gasteiger partial charge in [-0.05, 0) is 44.0 Å². The summed E-state index contributed by atoms with van der Waals surface area (Å²) in [5.41, 5.74) is 0.779. The number of hydrogen-bond acceptors (Lipinski definition) is 6. The molecule has 1 aliphatic heterocycles. The van der Waals surface area contributed by atoms with E-state index in [-0.39, 0.29) is 24.2 Å². The lowest BCUT2D eigenvalue weighted by Gasteiger charge is -2.26. The molecule has 2 rings (SSSR count). The van der Waals surface area contributed by atoms with Gasteiger partial charge in [0.05, 0.1) is 11.5 Å². The van der Waals surface area contributed by atoms with Gasteiger partial charge in [0.15, 0.2) is 23.1 Å². The van der Waals surface area contributed by atoms with Crippen molar-refractivity contribution in [1.29, 1.82) is 0 Å². The van der Waals surface area contributed by atoms with E-state index < -0.39 is 28.3 Å². The highest BCUT2D eigenvalue weighted by atomic mass is 35.5. The van der Waals surface area contributed by atoms with Crippen molar-refractivity contribution in [2.45, 2.75) is 26.3 Å². The zero-order chi connectivity index (χ0) is 19.3. The topological polar surface area (TPSA) is 90.0 Å². The van der Waals surface area contributed by atoms with Crippen LogP contribution in [-0.2, 0) is 24.2 Å². The Morgan fingerprint density at radius 2 is 2.04 bits per heavy atom. The largest absolute Gasteiger partial charge is 0.482 e. The first-order chi connectivity index (χ1) is 12.2. The molecule has 1 heterocycles. The van der Waals surface area contributed by atoms with Gasteiger partial charge in [-0.1, -0.05) is 11.6 Å². The van der Waals surface area contributed by atoms with Crippen LogP contribution in [-0.4, -0.2) is 62.5 Å². The number of halogens is 1. The SMILES string of the molecule is CCN(C(=O)COC(=O)COc1ccc(Cl)cc1C)[C@@H]1CCS(=O)(=O)C1. The Kier molecular flexibility index (Phi) is 6.88. The number of nitrogens with zero attached hydrogens (tertiary/aromatic N) is 1. The molecule has 0 aliphatic carbocycles. The van der Waals surface area contributed by atoms with Crippen LogP contribution in [0.25, 0.3) is 0 Å². The number of amides is 1. The zero-order valence-corrected chi connectivity index (χ0v) is 16.3. The number of likely N-dealkylation sites (N-methyl/N-ethyl adjacent to an activating group) is 1. The summed E-state index contributed by atoms with van der Waals surface area (Å²) in [7, 11) is -3.09. The minimum Gasteiger partial charge on any atom is -0.482 e. The van der Waals surface area contributed by atoms with Crippen LogP contribution in [0.1, 0.15) is 18.9 Å². The van der Waals surface area contributed by atoms with E-state index in [0.29, 0.717) is 23.7 Å². The second-order valence-electron chi connectivity index (χ2n) is 6.10. The molecule has 0 bridgehead atoms. The lowest BCUT2D eigenvalue weighted by Crippen LogP contribution is -2.43. The van der Waals surface area contributed by atoms with Gasteiger partial charge in [-0.15, -0.1) is 0 Å². The number of ether oxygens (including phenoxy) is 2. The quantitative estimate of drug-likeness (QED) is 0.642. The maximum atomic E-state index is 12.2. The second kappa shape index (κ2) is 8.73. The summed E-state index contributed by atoms with van der Waals surface area (Å²) in [6, 6.07) is 4.65. The number of carbonyl (C=O) groups is 2. The highest BCUT2D eigenvalue weighted by Gasteiger charge is 2.34. The molecular weight excluding hydrogens is 382 g/mol. The van der Waals surface area contributed by atoms with Crippen molar-refractivity contribution in [1.82, 2.24) is 4.90 Å². The molecule has 1 aromatic carbocycles. The number of aryl methyl sites for hydroxylation is 1. The fraction of sp³-hybridized carbons (Fsp3) is 0.529. The minimum atomic E-state index is -3.09. The fourth-order valence-corrected chi connectivity index (χ4v) is 4.80. The van der Waals surface area contributed by atoms with E-state index in [1.165, 1.54) is 4.90 Å². The summed E-state index contributed by atoms with van der Waals surface area (Å²) < 4.78 is 33.5. The molecule has 1 saturated heterocycles. The predicted octanol–water partition coefficient (Wildman–Crippen LogP) is 1.61. The first-order valence-corrected chi connectivity index (χ1v) is 10.5. The molecule has 0 spiro atoms. The number of esters is 1. The van der Waals surface area contributed by atoms with Crippen molar-refractivity contribution < 1.29 is 27.5 Å². The van der Waals surface area contributed by atoms with Gasteiger partial charge in [0.25, 0.3) is 5.91 Å². The van der Waals surface area contributed by atoms with Crippen LogP contribution in [0.4, 0.5) is 0 Å². The Morgan fingerprint density at radius 3 is 2.62 bits per heavy atom. The molecule has 0 unspecified atom stereocenters. The summed E-state index contributed by atoms with van der Waals surface area (Å²) in [5.74, 6) is -0.549. The lowest BCUT2D eigenvalue weighted by molar-refractivity contribution is -0.154. The predicted molar refractivity (Wildman–Crippen MR) is 97.1 cm³/mol. The molecule has 0 radical (unpaired) electrons. The summed E-state index contributed by atoms with van der Waals surface area (Å²) in [6.45, 7) is 3.14. The number of carbonyl (C=O) groups excluding carboxylic acids is 2. The van der Waals surface area contributed by atoms with Gasteiger partial charge in [0.2, 0.25) is 0 Å². The van der Waals surface area contributed by atoms with Crippen molar-refractivity contribution >= 4 is 33.3 Å². The van der Waals surface area contributed by atoms with E-state index in [1.54, 1.807) is 32.0 Å². The standard InChI is InChI=1S/C17H22ClNO6S/c1-3-19(14-6-7-26(22,23)11-14)16(20)9-25-17(21)10-24-15-5-4-13(18)8-12(15)2/h4-5,8,14H,3,6-7,9-11H2,1-2H3/t14-/m1/s1. The molecule has 0 saturated carbocycles. The van der Waals surface area contributed by atoms with Crippen LogP contribution in [0.2, 0.25) is 5.02 Å².